The molecule has 0 saturated carbocycles. The Morgan fingerprint density at radius 2 is 2.05 bits per heavy atom. The minimum absolute atomic E-state index is 0.0163. The van der Waals surface area contributed by atoms with Gasteiger partial charge in [-0.1, -0.05) is 12.1 Å². The van der Waals surface area contributed by atoms with Gasteiger partial charge in [-0.15, -0.1) is 11.6 Å². The van der Waals surface area contributed by atoms with Crippen molar-refractivity contribution in [2.75, 3.05) is 36.6 Å². The van der Waals surface area contributed by atoms with Crippen molar-refractivity contribution in [3.63, 3.8) is 0 Å². The Bertz CT molecular complexity index is 548. The number of methoxy groups -OCH3 is 1. The number of ether oxygens (including phenoxy) is 1. The van der Waals surface area contributed by atoms with E-state index in [1.807, 2.05) is 0 Å². The Balaban J connectivity index is 2.85. The number of hydrogen-bond donors (Lipinski definition) is 2. The molecule has 6 nitrogen and oxygen atoms in total. The molecule has 1 amide bonds. The van der Waals surface area contributed by atoms with E-state index in [-0.39, 0.29) is 28.8 Å². The standard InChI is InChI=1S/C12H17ClN2O4S/c1-19-8-7-14-12(16)10-4-2-3-5-11(10)15-20(17,18)9-6-13/h2-5,15H,6-9H2,1H3,(H,14,16). The van der Waals surface area contributed by atoms with Crippen LogP contribution >= 0.6 is 11.6 Å². The SMILES string of the molecule is COCCNC(=O)c1ccccc1NS(=O)(=O)CCCl. The molecular formula is C12H17ClN2O4S. The van der Waals surface area contributed by atoms with Crippen molar-refractivity contribution in [2.24, 2.45) is 0 Å². The summed E-state index contributed by atoms with van der Waals surface area (Å²) in [5.41, 5.74) is 0.481. The molecule has 112 valence electrons. The highest BCUT2D eigenvalue weighted by atomic mass is 35.5. The lowest BCUT2D eigenvalue weighted by atomic mass is 10.2. The van der Waals surface area contributed by atoms with Crippen LogP contribution < -0.4 is 10.0 Å². The summed E-state index contributed by atoms with van der Waals surface area (Å²) in [6.45, 7) is 0.726. The fourth-order valence-electron chi connectivity index (χ4n) is 1.45. The Morgan fingerprint density at radius 3 is 2.70 bits per heavy atom. The zero-order valence-corrected chi connectivity index (χ0v) is 12.6. The molecule has 0 atom stereocenters. The van der Waals surface area contributed by atoms with E-state index in [1.165, 1.54) is 13.2 Å². The van der Waals surface area contributed by atoms with Gasteiger partial charge >= 0.3 is 0 Å². The molecule has 1 aromatic carbocycles. The number of hydrogen-bond acceptors (Lipinski definition) is 4. The number of nitrogens with one attached hydrogen (secondary N) is 2. The zero-order chi connectivity index (χ0) is 15.0. The summed E-state index contributed by atoms with van der Waals surface area (Å²) in [5.74, 6) is -0.600. The number of benzene rings is 1. The van der Waals surface area contributed by atoms with Gasteiger partial charge in [0, 0.05) is 19.5 Å². The normalized spacial score (nSPS) is 11.1. The third-order valence-corrected chi connectivity index (χ3v) is 4.06. The summed E-state index contributed by atoms with van der Waals surface area (Å²) in [4.78, 5) is 12.0. The number of anilines is 1. The van der Waals surface area contributed by atoms with E-state index >= 15 is 0 Å². The van der Waals surface area contributed by atoms with Crippen molar-refractivity contribution in [3.05, 3.63) is 29.8 Å². The number of alkyl halides is 1. The van der Waals surface area contributed by atoms with Crippen molar-refractivity contribution < 1.29 is 17.9 Å². The van der Waals surface area contributed by atoms with E-state index in [0.717, 1.165) is 0 Å². The number of halogens is 1. The summed E-state index contributed by atoms with van der Waals surface area (Å²) in [6, 6.07) is 6.37. The minimum Gasteiger partial charge on any atom is -0.383 e. The smallest absolute Gasteiger partial charge is 0.253 e. The molecule has 0 bridgehead atoms. The lowest BCUT2D eigenvalue weighted by Crippen LogP contribution is -2.28. The molecule has 0 saturated heterocycles. The highest BCUT2D eigenvalue weighted by Gasteiger charge is 2.15. The first-order valence-electron chi connectivity index (χ1n) is 5.93. The predicted molar refractivity (Wildman–Crippen MR) is 78.8 cm³/mol. The second kappa shape index (κ2) is 8.08. The molecule has 0 aliphatic rings. The fraction of sp³-hybridized carbons (Fsp3) is 0.417. The van der Waals surface area contributed by atoms with E-state index in [4.69, 9.17) is 16.3 Å². The largest absolute Gasteiger partial charge is 0.383 e. The molecule has 0 spiro atoms. The first kappa shape index (κ1) is 16.7. The molecule has 0 heterocycles. The highest BCUT2D eigenvalue weighted by molar-refractivity contribution is 7.92. The van der Waals surface area contributed by atoms with Gasteiger partial charge in [0.15, 0.2) is 0 Å². The zero-order valence-electron chi connectivity index (χ0n) is 11.1. The van der Waals surface area contributed by atoms with Crippen LogP contribution in [0.5, 0.6) is 0 Å². The van der Waals surface area contributed by atoms with Gasteiger partial charge in [-0.3, -0.25) is 9.52 Å². The molecule has 1 aromatic rings. The minimum atomic E-state index is -3.55. The van der Waals surface area contributed by atoms with Crippen LogP contribution in [-0.2, 0) is 14.8 Å². The molecule has 8 heteroatoms. The Kier molecular flexibility index (Phi) is 6.77. The Hall–Kier alpha value is -1.31. The Labute approximate surface area is 123 Å². The van der Waals surface area contributed by atoms with E-state index in [1.54, 1.807) is 18.2 Å². The second-order valence-corrected chi connectivity index (χ2v) is 6.12. The number of sulfonamides is 1. The number of amides is 1. The summed E-state index contributed by atoms with van der Waals surface area (Å²) in [6.07, 6.45) is 0. The third-order valence-electron chi connectivity index (χ3n) is 2.37. The van der Waals surface area contributed by atoms with Gasteiger partial charge in [0.25, 0.3) is 5.91 Å². The average Bonchev–Trinajstić information content (AvgIpc) is 2.39. The lowest BCUT2D eigenvalue weighted by Gasteiger charge is -2.12. The molecule has 0 fully saturated rings. The van der Waals surface area contributed by atoms with Crippen LogP contribution in [0, 0.1) is 0 Å². The maximum Gasteiger partial charge on any atom is 0.253 e. The molecule has 20 heavy (non-hydrogen) atoms. The van der Waals surface area contributed by atoms with Gasteiger partial charge in [-0.2, -0.15) is 0 Å². The first-order chi connectivity index (χ1) is 9.50. The third kappa shape index (κ3) is 5.36. The molecule has 0 radical (unpaired) electrons. The van der Waals surface area contributed by atoms with Crippen molar-refractivity contribution >= 4 is 33.2 Å². The van der Waals surface area contributed by atoms with Gasteiger partial charge in [-0.25, -0.2) is 8.42 Å². The van der Waals surface area contributed by atoms with Gasteiger partial charge < -0.3 is 10.1 Å². The average molecular weight is 321 g/mol. The molecule has 0 aliphatic carbocycles. The van der Waals surface area contributed by atoms with Crippen LogP contribution in [-0.4, -0.2) is 46.2 Å². The topological polar surface area (TPSA) is 84.5 Å². The molecule has 0 aliphatic heterocycles. The number of carbonyl (C=O) groups excluding carboxylic acids is 1. The molecular weight excluding hydrogens is 304 g/mol. The van der Waals surface area contributed by atoms with Crippen LogP contribution in [0.15, 0.2) is 24.3 Å². The summed E-state index contributed by atoms with van der Waals surface area (Å²) in [7, 11) is -2.02. The number of rotatable bonds is 8. The Morgan fingerprint density at radius 1 is 1.35 bits per heavy atom. The van der Waals surface area contributed by atoms with Crippen LogP contribution in [0.2, 0.25) is 0 Å². The molecule has 1 rings (SSSR count). The van der Waals surface area contributed by atoms with Crippen LogP contribution in [0.1, 0.15) is 10.4 Å². The quantitative estimate of drug-likeness (QED) is 0.554. The molecule has 2 N–H and O–H groups in total. The maximum atomic E-state index is 12.0. The number of carbonyl (C=O) groups is 1. The van der Waals surface area contributed by atoms with E-state index in [2.05, 4.69) is 10.0 Å². The van der Waals surface area contributed by atoms with E-state index in [9.17, 15) is 13.2 Å². The van der Waals surface area contributed by atoms with Crippen molar-refractivity contribution in [2.45, 2.75) is 0 Å². The summed E-state index contributed by atoms with van der Waals surface area (Å²) >= 11 is 5.43. The van der Waals surface area contributed by atoms with Crippen molar-refractivity contribution in [1.29, 1.82) is 0 Å². The number of para-hydroxylation sites is 1. The van der Waals surface area contributed by atoms with Gasteiger partial charge in [0.1, 0.15) is 0 Å². The maximum absolute atomic E-state index is 12.0. The summed E-state index contributed by atoms with van der Waals surface area (Å²) < 4.78 is 30.6. The molecule has 0 unspecified atom stereocenters. The van der Waals surface area contributed by atoms with Gasteiger partial charge in [0.05, 0.1) is 23.6 Å². The van der Waals surface area contributed by atoms with Crippen molar-refractivity contribution in [3.8, 4) is 0 Å². The van der Waals surface area contributed by atoms with E-state index in [0.29, 0.717) is 13.2 Å². The van der Waals surface area contributed by atoms with E-state index < -0.39 is 10.0 Å². The highest BCUT2D eigenvalue weighted by Crippen LogP contribution is 2.16. The van der Waals surface area contributed by atoms with Crippen LogP contribution in [0.4, 0.5) is 5.69 Å². The lowest BCUT2D eigenvalue weighted by molar-refractivity contribution is 0.0938. The van der Waals surface area contributed by atoms with Crippen LogP contribution in [0.3, 0.4) is 0 Å². The first-order valence-corrected chi connectivity index (χ1v) is 8.11. The summed E-state index contributed by atoms with van der Waals surface area (Å²) in [5, 5.41) is 2.63. The predicted octanol–water partition coefficient (Wildman–Crippen LogP) is 1.04. The monoisotopic (exact) mass is 320 g/mol. The van der Waals surface area contributed by atoms with Gasteiger partial charge in [0.2, 0.25) is 10.0 Å². The second-order valence-electron chi connectivity index (χ2n) is 3.90. The van der Waals surface area contributed by atoms with Crippen LogP contribution in [0.25, 0.3) is 0 Å². The van der Waals surface area contributed by atoms with Gasteiger partial charge in [-0.05, 0) is 12.1 Å². The molecule has 0 aromatic heterocycles. The fourth-order valence-corrected chi connectivity index (χ4v) is 2.88. The van der Waals surface area contributed by atoms with Crippen molar-refractivity contribution in [1.82, 2.24) is 5.32 Å².